The molecule has 0 aromatic carbocycles. The van der Waals surface area contributed by atoms with Crippen LogP contribution in [0.25, 0.3) is 0 Å². The van der Waals surface area contributed by atoms with Crippen molar-refractivity contribution in [3.63, 3.8) is 0 Å². The van der Waals surface area contributed by atoms with Gasteiger partial charge in [-0.2, -0.15) is 0 Å². The van der Waals surface area contributed by atoms with E-state index in [1.54, 1.807) is 0 Å². The number of hydrogen-bond donors (Lipinski definition) is 2. The molecule has 0 radical (unpaired) electrons. The van der Waals surface area contributed by atoms with Gasteiger partial charge >= 0.3 is 0 Å². The van der Waals surface area contributed by atoms with Gasteiger partial charge in [-0.3, -0.25) is 0 Å². The molecule has 110 valence electrons. The first-order chi connectivity index (χ1) is 9.69. The summed E-state index contributed by atoms with van der Waals surface area (Å²) in [5.74, 6) is 9.51. The third-order valence-electron chi connectivity index (χ3n) is 4.75. The highest BCUT2D eigenvalue weighted by atomic mass is 15.3. The van der Waals surface area contributed by atoms with Crippen LogP contribution in [-0.4, -0.2) is 23.1 Å². The number of hydrazine groups is 1. The molecule has 0 amide bonds. The Kier molecular flexibility index (Phi) is 3.78. The molecule has 2 aliphatic carbocycles. The lowest BCUT2D eigenvalue weighted by molar-refractivity contribution is 0.320. The first-order valence-corrected chi connectivity index (χ1v) is 7.77. The molecule has 5 nitrogen and oxygen atoms in total. The average Bonchev–Trinajstić information content (AvgIpc) is 3.31. The van der Waals surface area contributed by atoms with Crippen molar-refractivity contribution < 1.29 is 0 Å². The minimum Gasteiger partial charge on any atom is -0.356 e. The molecule has 2 fully saturated rings. The van der Waals surface area contributed by atoms with E-state index in [-0.39, 0.29) is 0 Å². The number of nitrogens with zero attached hydrogens (tertiary/aromatic N) is 3. The predicted octanol–water partition coefficient (Wildman–Crippen LogP) is 2.65. The van der Waals surface area contributed by atoms with Crippen molar-refractivity contribution in [1.29, 1.82) is 0 Å². The van der Waals surface area contributed by atoms with Crippen molar-refractivity contribution >= 4 is 11.6 Å². The van der Waals surface area contributed by atoms with Gasteiger partial charge in [0, 0.05) is 25.1 Å². The summed E-state index contributed by atoms with van der Waals surface area (Å²) < 4.78 is 0. The molecule has 1 aromatic heterocycles. The van der Waals surface area contributed by atoms with E-state index < -0.39 is 0 Å². The van der Waals surface area contributed by atoms with Crippen LogP contribution in [0.3, 0.4) is 0 Å². The molecule has 3 rings (SSSR count). The zero-order valence-electron chi connectivity index (χ0n) is 12.5. The predicted molar refractivity (Wildman–Crippen MR) is 81.6 cm³/mol. The minimum absolute atomic E-state index is 0.541. The van der Waals surface area contributed by atoms with Gasteiger partial charge in [0.1, 0.15) is 17.5 Å². The van der Waals surface area contributed by atoms with Gasteiger partial charge in [0.05, 0.1) is 0 Å². The van der Waals surface area contributed by atoms with Gasteiger partial charge in [-0.25, -0.2) is 15.8 Å². The van der Waals surface area contributed by atoms with Crippen LogP contribution in [0.15, 0.2) is 6.07 Å². The molecular weight excluding hydrogens is 250 g/mol. The minimum atomic E-state index is 0.541. The maximum atomic E-state index is 5.56. The molecule has 5 heteroatoms. The van der Waals surface area contributed by atoms with E-state index in [1.807, 2.05) is 6.07 Å². The molecule has 0 saturated heterocycles. The fourth-order valence-corrected chi connectivity index (χ4v) is 3.27. The zero-order chi connectivity index (χ0) is 14.1. The molecule has 2 unspecified atom stereocenters. The molecule has 0 bridgehead atoms. The van der Waals surface area contributed by atoms with E-state index in [4.69, 9.17) is 10.8 Å². The van der Waals surface area contributed by atoms with Crippen molar-refractivity contribution in [1.82, 2.24) is 9.97 Å². The SMILES string of the molecule is CC1CCCCC1N(C)c1cc(NN)nc(C2CC2)n1. The first kappa shape index (κ1) is 13.6. The Bertz CT molecular complexity index is 471. The molecule has 3 N–H and O–H groups in total. The molecular formula is C15H25N5. The Morgan fingerprint density at radius 1 is 1.20 bits per heavy atom. The maximum Gasteiger partial charge on any atom is 0.145 e. The van der Waals surface area contributed by atoms with E-state index in [1.165, 1.54) is 38.5 Å². The van der Waals surface area contributed by atoms with Crippen LogP contribution in [0, 0.1) is 5.92 Å². The lowest BCUT2D eigenvalue weighted by atomic mass is 9.85. The van der Waals surface area contributed by atoms with Gasteiger partial charge in [0.2, 0.25) is 0 Å². The highest BCUT2D eigenvalue weighted by molar-refractivity contribution is 5.49. The van der Waals surface area contributed by atoms with Crippen LogP contribution in [-0.2, 0) is 0 Å². The molecule has 2 atom stereocenters. The van der Waals surface area contributed by atoms with Crippen molar-refractivity contribution in [2.24, 2.45) is 11.8 Å². The average molecular weight is 275 g/mol. The second kappa shape index (κ2) is 5.56. The molecule has 1 aromatic rings. The van der Waals surface area contributed by atoms with Crippen LogP contribution >= 0.6 is 0 Å². The smallest absolute Gasteiger partial charge is 0.145 e. The summed E-state index contributed by atoms with van der Waals surface area (Å²) in [6.07, 6.45) is 7.66. The van der Waals surface area contributed by atoms with Gasteiger partial charge < -0.3 is 10.3 Å². The van der Waals surface area contributed by atoms with Crippen LogP contribution in [0.1, 0.15) is 57.2 Å². The first-order valence-electron chi connectivity index (χ1n) is 7.77. The van der Waals surface area contributed by atoms with Crippen LogP contribution in [0.5, 0.6) is 0 Å². The molecule has 20 heavy (non-hydrogen) atoms. The normalized spacial score (nSPS) is 26.4. The number of nitrogens with one attached hydrogen (secondary N) is 1. The Morgan fingerprint density at radius 3 is 2.60 bits per heavy atom. The van der Waals surface area contributed by atoms with E-state index in [9.17, 15) is 0 Å². The lowest BCUT2D eigenvalue weighted by Crippen LogP contribution is -2.39. The highest BCUT2D eigenvalue weighted by Crippen LogP contribution is 2.39. The summed E-state index contributed by atoms with van der Waals surface area (Å²) in [5, 5.41) is 0. The number of aromatic nitrogens is 2. The van der Waals surface area contributed by atoms with Gasteiger partial charge in [0.25, 0.3) is 0 Å². The maximum absolute atomic E-state index is 5.56. The summed E-state index contributed by atoms with van der Waals surface area (Å²) in [5.41, 5.74) is 2.68. The fourth-order valence-electron chi connectivity index (χ4n) is 3.27. The number of nitrogen functional groups attached to an aromatic ring is 1. The third kappa shape index (κ3) is 2.73. The summed E-state index contributed by atoms with van der Waals surface area (Å²) in [4.78, 5) is 11.6. The van der Waals surface area contributed by atoms with Crippen molar-refractivity contribution in [2.45, 2.75) is 57.4 Å². The quantitative estimate of drug-likeness (QED) is 0.653. The van der Waals surface area contributed by atoms with Crippen molar-refractivity contribution in [2.75, 3.05) is 17.4 Å². The summed E-state index contributed by atoms with van der Waals surface area (Å²) >= 11 is 0. The molecule has 0 aliphatic heterocycles. The monoisotopic (exact) mass is 275 g/mol. The Balaban J connectivity index is 1.85. The fraction of sp³-hybridized carbons (Fsp3) is 0.733. The van der Waals surface area contributed by atoms with E-state index in [2.05, 4.69) is 29.3 Å². The number of nitrogens with two attached hydrogens (primary N) is 1. The van der Waals surface area contributed by atoms with Crippen LogP contribution < -0.4 is 16.2 Å². The number of rotatable bonds is 4. The third-order valence-corrected chi connectivity index (χ3v) is 4.75. The zero-order valence-corrected chi connectivity index (χ0v) is 12.5. The van der Waals surface area contributed by atoms with Crippen molar-refractivity contribution in [3.8, 4) is 0 Å². The van der Waals surface area contributed by atoms with E-state index in [0.717, 1.165) is 23.4 Å². The van der Waals surface area contributed by atoms with Gasteiger partial charge in [-0.15, -0.1) is 0 Å². The highest BCUT2D eigenvalue weighted by Gasteiger charge is 2.30. The molecule has 0 spiro atoms. The van der Waals surface area contributed by atoms with Crippen LogP contribution in [0.4, 0.5) is 11.6 Å². The standard InChI is InChI=1S/C15H25N5/c1-10-5-3-4-6-12(10)20(2)14-9-13(19-16)17-15(18-14)11-7-8-11/h9-12H,3-8,16H2,1-2H3,(H,17,18,19). The number of hydrogen-bond acceptors (Lipinski definition) is 5. The van der Waals surface area contributed by atoms with E-state index in [0.29, 0.717) is 12.0 Å². The second-order valence-corrected chi connectivity index (χ2v) is 6.33. The summed E-state index contributed by atoms with van der Waals surface area (Å²) in [7, 11) is 2.16. The number of anilines is 2. The summed E-state index contributed by atoms with van der Waals surface area (Å²) in [6.45, 7) is 2.35. The molecule has 2 aliphatic rings. The second-order valence-electron chi connectivity index (χ2n) is 6.33. The Hall–Kier alpha value is -1.36. The lowest BCUT2D eigenvalue weighted by Gasteiger charge is -2.37. The largest absolute Gasteiger partial charge is 0.356 e. The van der Waals surface area contributed by atoms with Gasteiger partial charge in [-0.1, -0.05) is 19.8 Å². The van der Waals surface area contributed by atoms with Gasteiger partial charge in [0.15, 0.2) is 0 Å². The van der Waals surface area contributed by atoms with E-state index >= 15 is 0 Å². The van der Waals surface area contributed by atoms with Gasteiger partial charge in [-0.05, 0) is 31.6 Å². The topological polar surface area (TPSA) is 67.1 Å². The van der Waals surface area contributed by atoms with Crippen LogP contribution in [0.2, 0.25) is 0 Å². The Labute approximate surface area is 120 Å². The van der Waals surface area contributed by atoms with Crippen molar-refractivity contribution in [3.05, 3.63) is 11.9 Å². The molecule has 2 saturated carbocycles. The molecule has 1 heterocycles. The Morgan fingerprint density at radius 2 is 1.95 bits per heavy atom. The summed E-state index contributed by atoms with van der Waals surface area (Å²) in [6, 6.07) is 2.55.